The largest absolute Gasteiger partial charge is 0.397 e. The molecule has 1 aromatic carbocycles. The molecule has 130 valence electrons. The zero-order chi connectivity index (χ0) is 17.9. The first-order valence-corrected chi connectivity index (χ1v) is 8.24. The van der Waals surface area contributed by atoms with E-state index < -0.39 is 0 Å². The van der Waals surface area contributed by atoms with Gasteiger partial charge in [0.2, 0.25) is 0 Å². The number of ether oxygens (including phenoxy) is 1. The zero-order valence-electron chi connectivity index (χ0n) is 15.1. The van der Waals surface area contributed by atoms with Crippen LogP contribution in [0.5, 0.6) is 0 Å². The van der Waals surface area contributed by atoms with E-state index in [-0.39, 0.29) is 17.8 Å². The maximum atomic E-state index is 11.9. The summed E-state index contributed by atoms with van der Waals surface area (Å²) in [5, 5.41) is 3.35. The standard InChI is InChI=1S/C19H27N3O2/c1-12(2)24-14(4)10-21-18-9-15(6-7-17(18)20)16-8-13(3)19(23)22(5)11-16/h6-9,11-12,14,21H,10,20H2,1-5H3. The molecule has 5 heteroatoms. The third kappa shape index (κ3) is 4.38. The molecule has 24 heavy (non-hydrogen) atoms. The second kappa shape index (κ2) is 7.53. The maximum Gasteiger partial charge on any atom is 0.253 e. The predicted molar refractivity (Wildman–Crippen MR) is 100 cm³/mol. The number of anilines is 2. The number of pyridine rings is 1. The lowest BCUT2D eigenvalue weighted by Gasteiger charge is -2.18. The Bertz CT molecular complexity index is 739. The van der Waals surface area contributed by atoms with Crippen molar-refractivity contribution in [3.8, 4) is 11.1 Å². The Labute approximate surface area is 143 Å². The summed E-state index contributed by atoms with van der Waals surface area (Å²) < 4.78 is 7.33. The summed E-state index contributed by atoms with van der Waals surface area (Å²) in [5.41, 5.74) is 10.4. The van der Waals surface area contributed by atoms with Crippen molar-refractivity contribution in [2.45, 2.75) is 39.9 Å². The van der Waals surface area contributed by atoms with E-state index in [1.54, 1.807) is 11.6 Å². The van der Waals surface area contributed by atoms with Crippen LogP contribution < -0.4 is 16.6 Å². The van der Waals surface area contributed by atoms with Crippen molar-refractivity contribution in [2.75, 3.05) is 17.6 Å². The van der Waals surface area contributed by atoms with Crippen molar-refractivity contribution in [1.29, 1.82) is 0 Å². The van der Waals surface area contributed by atoms with Crippen LogP contribution >= 0.6 is 0 Å². The number of nitrogens with one attached hydrogen (secondary N) is 1. The molecular weight excluding hydrogens is 302 g/mol. The summed E-state index contributed by atoms with van der Waals surface area (Å²) >= 11 is 0. The minimum Gasteiger partial charge on any atom is -0.397 e. The summed E-state index contributed by atoms with van der Waals surface area (Å²) in [6.07, 6.45) is 2.13. The zero-order valence-corrected chi connectivity index (χ0v) is 15.1. The number of nitrogen functional groups attached to an aromatic ring is 1. The first-order chi connectivity index (χ1) is 11.3. The molecule has 0 radical (unpaired) electrons. The summed E-state index contributed by atoms with van der Waals surface area (Å²) in [7, 11) is 1.76. The van der Waals surface area contributed by atoms with Crippen LogP contribution in [0.3, 0.4) is 0 Å². The molecule has 0 fully saturated rings. The van der Waals surface area contributed by atoms with Gasteiger partial charge in [0.1, 0.15) is 0 Å². The van der Waals surface area contributed by atoms with E-state index in [1.165, 1.54) is 0 Å². The van der Waals surface area contributed by atoms with Gasteiger partial charge in [0.15, 0.2) is 0 Å². The molecule has 0 amide bonds. The van der Waals surface area contributed by atoms with Crippen molar-refractivity contribution in [3.63, 3.8) is 0 Å². The van der Waals surface area contributed by atoms with Crippen LogP contribution in [0.25, 0.3) is 11.1 Å². The van der Waals surface area contributed by atoms with Gasteiger partial charge >= 0.3 is 0 Å². The van der Waals surface area contributed by atoms with Gasteiger partial charge in [-0.1, -0.05) is 6.07 Å². The van der Waals surface area contributed by atoms with Crippen molar-refractivity contribution in [1.82, 2.24) is 4.57 Å². The monoisotopic (exact) mass is 329 g/mol. The summed E-state index contributed by atoms with van der Waals surface area (Å²) in [5.74, 6) is 0. The first-order valence-electron chi connectivity index (χ1n) is 8.24. The maximum absolute atomic E-state index is 11.9. The Hall–Kier alpha value is -2.27. The topological polar surface area (TPSA) is 69.3 Å². The molecule has 2 aromatic rings. The molecule has 0 bridgehead atoms. The van der Waals surface area contributed by atoms with Crippen molar-refractivity contribution in [2.24, 2.45) is 7.05 Å². The molecular formula is C19H27N3O2. The second-order valence-corrected chi connectivity index (χ2v) is 6.51. The Morgan fingerprint density at radius 2 is 1.92 bits per heavy atom. The van der Waals surface area contributed by atoms with Gasteiger partial charge in [-0.15, -0.1) is 0 Å². The van der Waals surface area contributed by atoms with E-state index in [0.29, 0.717) is 12.2 Å². The smallest absolute Gasteiger partial charge is 0.253 e. The molecule has 0 saturated carbocycles. The van der Waals surface area contributed by atoms with Gasteiger partial charge in [-0.05, 0) is 57.0 Å². The van der Waals surface area contributed by atoms with E-state index in [2.05, 4.69) is 5.32 Å². The fraction of sp³-hybridized carbons (Fsp3) is 0.421. The van der Waals surface area contributed by atoms with E-state index >= 15 is 0 Å². The van der Waals surface area contributed by atoms with Gasteiger partial charge in [-0.25, -0.2) is 0 Å². The number of nitrogens with zero attached hydrogens (tertiary/aromatic N) is 1. The minimum absolute atomic E-state index is 0.0206. The summed E-state index contributed by atoms with van der Waals surface area (Å²) in [6, 6.07) is 7.76. The van der Waals surface area contributed by atoms with Crippen LogP contribution in [0.1, 0.15) is 26.3 Å². The second-order valence-electron chi connectivity index (χ2n) is 6.51. The summed E-state index contributed by atoms with van der Waals surface area (Å²) in [6.45, 7) is 8.58. The lowest BCUT2D eigenvalue weighted by Crippen LogP contribution is -2.23. The van der Waals surface area contributed by atoms with Gasteiger partial charge < -0.3 is 20.4 Å². The molecule has 0 aliphatic heterocycles. The average Bonchev–Trinajstić information content (AvgIpc) is 2.50. The molecule has 0 aliphatic rings. The van der Waals surface area contributed by atoms with Crippen molar-refractivity contribution in [3.05, 3.63) is 46.4 Å². The molecule has 2 rings (SSSR count). The molecule has 0 aliphatic carbocycles. The molecule has 3 N–H and O–H groups in total. The molecule has 1 atom stereocenters. The third-order valence-electron chi connectivity index (χ3n) is 3.83. The van der Waals surface area contributed by atoms with E-state index in [0.717, 1.165) is 22.4 Å². The highest BCUT2D eigenvalue weighted by atomic mass is 16.5. The lowest BCUT2D eigenvalue weighted by molar-refractivity contribution is 0.0266. The molecule has 5 nitrogen and oxygen atoms in total. The fourth-order valence-electron chi connectivity index (χ4n) is 2.69. The Morgan fingerprint density at radius 3 is 2.54 bits per heavy atom. The first kappa shape index (κ1) is 18.1. The molecule has 0 spiro atoms. The van der Waals surface area contributed by atoms with E-state index in [4.69, 9.17) is 10.5 Å². The van der Waals surface area contributed by atoms with Gasteiger partial charge in [0.25, 0.3) is 5.56 Å². The number of aryl methyl sites for hydroxylation is 2. The SMILES string of the molecule is Cc1cc(-c2ccc(N)c(NCC(C)OC(C)C)c2)cn(C)c1=O. The number of rotatable bonds is 6. The quantitative estimate of drug-likeness (QED) is 0.799. The average molecular weight is 329 g/mol. The molecule has 1 aromatic heterocycles. The van der Waals surface area contributed by atoms with Crippen LogP contribution in [0.2, 0.25) is 0 Å². The highest BCUT2D eigenvalue weighted by Crippen LogP contribution is 2.27. The highest BCUT2D eigenvalue weighted by Gasteiger charge is 2.09. The fourth-order valence-corrected chi connectivity index (χ4v) is 2.69. The third-order valence-corrected chi connectivity index (χ3v) is 3.83. The van der Waals surface area contributed by atoms with E-state index in [9.17, 15) is 4.79 Å². The summed E-state index contributed by atoms with van der Waals surface area (Å²) in [4.78, 5) is 11.9. The number of hydrogen-bond acceptors (Lipinski definition) is 4. The minimum atomic E-state index is 0.0206. The number of benzene rings is 1. The van der Waals surface area contributed by atoms with E-state index in [1.807, 2.05) is 58.2 Å². The van der Waals surface area contributed by atoms with Crippen LogP contribution in [0.15, 0.2) is 35.3 Å². The van der Waals surface area contributed by atoms with Gasteiger partial charge in [-0.3, -0.25) is 4.79 Å². The van der Waals surface area contributed by atoms with Crippen molar-refractivity contribution < 1.29 is 4.74 Å². The number of hydrogen-bond donors (Lipinski definition) is 2. The van der Waals surface area contributed by atoms with Crippen molar-refractivity contribution >= 4 is 11.4 Å². The molecule has 1 heterocycles. The highest BCUT2D eigenvalue weighted by molar-refractivity contribution is 5.76. The number of aromatic nitrogens is 1. The van der Waals surface area contributed by atoms with Crippen LogP contribution in [0.4, 0.5) is 11.4 Å². The predicted octanol–water partition coefficient (Wildman–Crippen LogP) is 3.17. The molecule has 1 unspecified atom stereocenters. The van der Waals surface area contributed by atoms with Crippen LogP contribution in [-0.2, 0) is 11.8 Å². The van der Waals surface area contributed by atoms with Gasteiger partial charge in [0.05, 0.1) is 23.6 Å². The Kier molecular flexibility index (Phi) is 5.67. The molecule has 0 saturated heterocycles. The Morgan fingerprint density at radius 1 is 1.21 bits per heavy atom. The van der Waals surface area contributed by atoms with Gasteiger partial charge in [-0.2, -0.15) is 0 Å². The van der Waals surface area contributed by atoms with Gasteiger partial charge in [0, 0.05) is 25.4 Å². The van der Waals surface area contributed by atoms with Crippen LogP contribution in [-0.4, -0.2) is 23.3 Å². The lowest BCUT2D eigenvalue weighted by atomic mass is 10.0. The van der Waals surface area contributed by atoms with Crippen LogP contribution in [0, 0.1) is 6.92 Å². The number of nitrogens with two attached hydrogens (primary N) is 1. The Balaban J connectivity index is 2.24. The normalized spacial score (nSPS) is 12.4.